The normalized spacial score (nSPS) is 28.0. The molecule has 0 spiro atoms. The first-order valence-electron chi connectivity index (χ1n) is 8.56. The van der Waals surface area contributed by atoms with Crippen molar-refractivity contribution in [3.8, 4) is 0 Å². The van der Waals surface area contributed by atoms with Gasteiger partial charge in [0, 0.05) is 32.4 Å². The van der Waals surface area contributed by atoms with Crippen LogP contribution in [0.3, 0.4) is 0 Å². The fourth-order valence-electron chi connectivity index (χ4n) is 3.62. The van der Waals surface area contributed by atoms with Crippen molar-refractivity contribution in [1.29, 1.82) is 0 Å². The fourth-order valence-corrected chi connectivity index (χ4v) is 4.25. The second-order valence-electron chi connectivity index (χ2n) is 7.20. The predicted octanol–water partition coefficient (Wildman–Crippen LogP) is 0.769. The Labute approximate surface area is 140 Å². The highest BCUT2D eigenvalue weighted by molar-refractivity contribution is 7.91. The standard InChI is InChI=1S/C16H30N2O4S/c1-13-10-17(11-14(2)22-13)7-4-15-5-8-18(9-6-15)16(19)12-23(3,20)21/h13-15H,4-12H2,1-3H3/t13-,14-/m0/s1. The first-order chi connectivity index (χ1) is 10.7. The number of morpholine rings is 1. The molecule has 2 atom stereocenters. The summed E-state index contributed by atoms with van der Waals surface area (Å²) in [7, 11) is -3.23. The van der Waals surface area contributed by atoms with Gasteiger partial charge < -0.3 is 9.64 Å². The zero-order valence-electron chi connectivity index (χ0n) is 14.5. The van der Waals surface area contributed by atoms with E-state index in [0.717, 1.165) is 45.2 Å². The van der Waals surface area contributed by atoms with E-state index in [2.05, 4.69) is 18.7 Å². The molecule has 0 N–H and O–H groups in total. The maximum atomic E-state index is 11.9. The maximum Gasteiger partial charge on any atom is 0.237 e. The number of amides is 1. The molecule has 2 aliphatic rings. The summed E-state index contributed by atoms with van der Waals surface area (Å²) in [5.74, 6) is 0.0221. The summed E-state index contributed by atoms with van der Waals surface area (Å²) >= 11 is 0. The Bertz CT molecular complexity index is 490. The lowest BCUT2D eigenvalue weighted by atomic mass is 9.93. The summed E-state index contributed by atoms with van der Waals surface area (Å²) in [5, 5.41) is 0. The highest BCUT2D eigenvalue weighted by atomic mass is 32.2. The molecular weight excluding hydrogens is 316 g/mol. The number of nitrogens with zero attached hydrogens (tertiary/aromatic N) is 2. The number of carbonyl (C=O) groups is 1. The molecule has 0 bridgehead atoms. The topological polar surface area (TPSA) is 66.9 Å². The molecule has 2 saturated heterocycles. The Hall–Kier alpha value is -0.660. The van der Waals surface area contributed by atoms with E-state index >= 15 is 0 Å². The van der Waals surface area contributed by atoms with E-state index in [1.165, 1.54) is 0 Å². The SMILES string of the molecule is C[C@H]1CN(CCC2CCN(C(=O)CS(C)(=O)=O)CC2)C[C@H](C)O1. The third-order valence-electron chi connectivity index (χ3n) is 4.70. The molecule has 23 heavy (non-hydrogen) atoms. The quantitative estimate of drug-likeness (QED) is 0.736. The molecule has 0 aromatic carbocycles. The van der Waals surface area contributed by atoms with Gasteiger partial charge in [0.05, 0.1) is 12.2 Å². The van der Waals surface area contributed by atoms with Crippen LogP contribution in [0.25, 0.3) is 0 Å². The molecule has 0 radical (unpaired) electrons. The lowest BCUT2D eigenvalue weighted by Crippen LogP contribution is -2.46. The van der Waals surface area contributed by atoms with Crippen molar-refractivity contribution >= 4 is 15.7 Å². The van der Waals surface area contributed by atoms with Crippen LogP contribution in [0, 0.1) is 5.92 Å². The Balaban J connectivity index is 1.69. The molecule has 134 valence electrons. The fraction of sp³-hybridized carbons (Fsp3) is 0.938. The van der Waals surface area contributed by atoms with E-state index in [-0.39, 0.29) is 11.7 Å². The molecule has 2 heterocycles. The zero-order chi connectivity index (χ0) is 17.0. The van der Waals surface area contributed by atoms with Gasteiger partial charge in [-0.05, 0) is 45.6 Å². The number of carbonyl (C=O) groups excluding carboxylic acids is 1. The van der Waals surface area contributed by atoms with Crippen molar-refractivity contribution < 1.29 is 17.9 Å². The molecule has 0 unspecified atom stereocenters. The lowest BCUT2D eigenvalue weighted by Gasteiger charge is -2.37. The van der Waals surface area contributed by atoms with Crippen LogP contribution in [0.1, 0.15) is 33.1 Å². The summed E-state index contributed by atoms with van der Waals surface area (Å²) in [4.78, 5) is 16.1. The van der Waals surface area contributed by atoms with Gasteiger partial charge in [-0.25, -0.2) is 8.42 Å². The summed E-state index contributed by atoms with van der Waals surface area (Å²) in [5.41, 5.74) is 0. The summed E-state index contributed by atoms with van der Waals surface area (Å²) in [6.45, 7) is 8.69. The van der Waals surface area contributed by atoms with E-state index < -0.39 is 9.84 Å². The number of rotatable bonds is 5. The first-order valence-corrected chi connectivity index (χ1v) is 10.6. The number of piperidine rings is 1. The van der Waals surface area contributed by atoms with E-state index in [9.17, 15) is 13.2 Å². The minimum atomic E-state index is -3.23. The summed E-state index contributed by atoms with van der Waals surface area (Å²) in [6.07, 6.45) is 4.81. The van der Waals surface area contributed by atoms with Crippen LogP contribution in [0.2, 0.25) is 0 Å². The average molecular weight is 346 g/mol. The Morgan fingerprint density at radius 1 is 1.13 bits per heavy atom. The highest BCUT2D eigenvalue weighted by Gasteiger charge is 2.26. The molecule has 0 aliphatic carbocycles. The van der Waals surface area contributed by atoms with Crippen molar-refractivity contribution in [2.45, 2.75) is 45.3 Å². The van der Waals surface area contributed by atoms with Crippen LogP contribution >= 0.6 is 0 Å². The third-order valence-corrected chi connectivity index (χ3v) is 5.47. The van der Waals surface area contributed by atoms with Gasteiger partial charge >= 0.3 is 0 Å². The van der Waals surface area contributed by atoms with Gasteiger partial charge in [0.25, 0.3) is 0 Å². The first kappa shape index (κ1) is 18.7. The largest absolute Gasteiger partial charge is 0.373 e. The zero-order valence-corrected chi connectivity index (χ0v) is 15.3. The minimum absolute atomic E-state index is 0.248. The van der Waals surface area contributed by atoms with Crippen molar-refractivity contribution in [2.24, 2.45) is 5.92 Å². The number of likely N-dealkylation sites (tertiary alicyclic amines) is 1. The summed E-state index contributed by atoms with van der Waals surface area (Å²) in [6, 6.07) is 0. The molecule has 2 aliphatic heterocycles. The van der Waals surface area contributed by atoms with Gasteiger partial charge in [0.15, 0.2) is 9.84 Å². The van der Waals surface area contributed by atoms with Gasteiger partial charge in [-0.15, -0.1) is 0 Å². The highest BCUT2D eigenvalue weighted by Crippen LogP contribution is 2.22. The molecule has 2 rings (SSSR count). The van der Waals surface area contributed by atoms with Crippen molar-refractivity contribution in [1.82, 2.24) is 9.80 Å². The number of hydrogen-bond donors (Lipinski definition) is 0. The second-order valence-corrected chi connectivity index (χ2v) is 9.34. The van der Waals surface area contributed by atoms with Crippen LogP contribution in [-0.4, -0.2) is 81.1 Å². The molecule has 0 aromatic heterocycles. The predicted molar refractivity (Wildman–Crippen MR) is 90.1 cm³/mol. The van der Waals surface area contributed by atoms with Crippen LogP contribution in [0.15, 0.2) is 0 Å². The van der Waals surface area contributed by atoms with Crippen molar-refractivity contribution in [3.63, 3.8) is 0 Å². The maximum absolute atomic E-state index is 11.9. The van der Waals surface area contributed by atoms with Crippen molar-refractivity contribution in [3.05, 3.63) is 0 Å². The van der Waals surface area contributed by atoms with E-state index in [0.29, 0.717) is 31.2 Å². The van der Waals surface area contributed by atoms with Crippen LogP contribution in [0.4, 0.5) is 0 Å². The average Bonchev–Trinajstić information content (AvgIpc) is 2.43. The van der Waals surface area contributed by atoms with Crippen molar-refractivity contribution in [2.75, 3.05) is 44.7 Å². The smallest absolute Gasteiger partial charge is 0.237 e. The molecule has 1 amide bonds. The second kappa shape index (κ2) is 7.94. The number of sulfone groups is 1. The van der Waals surface area contributed by atoms with E-state index in [1.807, 2.05) is 0 Å². The van der Waals surface area contributed by atoms with E-state index in [1.54, 1.807) is 4.90 Å². The molecule has 7 heteroatoms. The van der Waals surface area contributed by atoms with Gasteiger partial charge in [-0.1, -0.05) is 0 Å². The number of hydrogen-bond acceptors (Lipinski definition) is 5. The van der Waals surface area contributed by atoms with Gasteiger partial charge in [-0.2, -0.15) is 0 Å². The van der Waals surface area contributed by atoms with E-state index in [4.69, 9.17) is 4.74 Å². The van der Waals surface area contributed by atoms with Crippen LogP contribution < -0.4 is 0 Å². The van der Waals surface area contributed by atoms with Crippen LogP contribution in [0.5, 0.6) is 0 Å². The Morgan fingerprint density at radius 3 is 2.22 bits per heavy atom. The molecular formula is C16H30N2O4S. The van der Waals surface area contributed by atoms with Gasteiger partial charge in [-0.3, -0.25) is 9.69 Å². The van der Waals surface area contributed by atoms with Gasteiger partial charge in [0.1, 0.15) is 5.75 Å². The monoisotopic (exact) mass is 346 g/mol. The minimum Gasteiger partial charge on any atom is -0.373 e. The lowest BCUT2D eigenvalue weighted by molar-refractivity contribution is -0.129. The Morgan fingerprint density at radius 2 is 1.70 bits per heavy atom. The van der Waals surface area contributed by atoms with Gasteiger partial charge in [0.2, 0.25) is 5.91 Å². The number of ether oxygens (including phenoxy) is 1. The molecule has 0 saturated carbocycles. The summed E-state index contributed by atoms with van der Waals surface area (Å²) < 4.78 is 28.2. The molecule has 0 aromatic rings. The molecule has 2 fully saturated rings. The third kappa shape index (κ3) is 6.39. The van der Waals surface area contributed by atoms with Crippen LogP contribution in [-0.2, 0) is 19.4 Å². The molecule has 6 nitrogen and oxygen atoms in total. The Kier molecular flexibility index (Phi) is 6.45.